The van der Waals surface area contributed by atoms with E-state index in [0.29, 0.717) is 24.8 Å². The summed E-state index contributed by atoms with van der Waals surface area (Å²) in [4.78, 5) is 14.8. The van der Waals surface area contributed by atoms with Gasteiger partial charge in [-0.1, -0.05) is 17.8 Å². The Morgan fingerprint density at radius 1 is 1.57 bits per heavy atom. The number of hydrogen-bond acceptors (Lipinski definition) is 6. The van der Waals surface area contributed by atoms with E-state index in [1.807, 2.05) is 17.5 Å². The first kappa shape index (κ1) is 16.0. The van der Waals surface area contributed by atoms with Crippen molar-refractivity contribution in [3.63, 3.8) is 0 Å². The Morgan fingerprint density at radius 3 is 3.04 bits per heavy atom. The molecule has 0 spiro atoms. The number of hydrogen-bond donors (Lipinski definition) is 0. The highest BCUT2D eigenvalue weighted by Gasteiger charge is 2.30. The summed E-state index contributed by atoms with van der Waals surface area (Å²) < 4.78 is 2.17. The molecule has 0 aliphatic heterocycles. The van der Waals surface area contributed by atoms with Gasteiger partial charge in [-0.2, -0.15) is 5.26 Å². The topological polar surface area (TPSA) is 74.8 Å². The van der Waals surface area contributed by atoms with E-state index >= 15 is 0 Å². The molecule has 23 heavy (non-hydrogen) atoms. The van der Waals surface area contributed by atoms with E-state index in [9.17, 15) is 4.79 Å². The van der Waals surface area contributed by atoms with Gasteiger partial charge in [0.25, 0.3) is 0 Å². The smallest absolute Gasteiger partial charge is 0.232 e. The Morgan fingerprint density at radius 2 is 2.39 bits per heavy atom. The third-order valence-electron chi connectivity index (χ3n) is 3.63. The third kappa shape index (κ3) is 3.74. The molecule has 1 aliphatic rings. The number of thioether (sulfide) groups is 1. The van der Waals surface area contributed by atoms with Crippen molar-refractivity contribution in [2.24, 2.45) is 0 Å². The molecule has 0 radical (unpaired) electrons. The van der Waals surface area contributed by atoms with Crippen molar-refractivity contribution < 1.29 is 4.79 Å². The Kier molecular flexibility index (Phi) is 4.98. The van der Waals surface area contributed by atoms with Crippen molar-refractivity contribution in [1.29, 1.82) is 5.26 Å². The Bertz CT molecular complexity index is 715. The minimum Gasteiger partial charge on any atom is -0.344 e. The molecule has 2 aromatic heterocycles. The lowest BCUT2D eigenvalue weighted by atomic mass is 10.4. The molecule has 6 nitrogen and oxygen atoms in total. The second-order valence-corrected chi connectivity index (χ2v) is 7.29. The highest BCUT2D eigenvalue weighted by molar-refractivity contribution is 7.99. The summed E-state index contributed by atoms with van der Waals surface area (Å²) in [5.74, 6) is 1.22. The fourth-order valence-corrected chi connectivity index (χ4v) is 3.84. The molecule has 0 aromatic carbocycles. The molecule has 1 amide bonds. The maximum atomic E-state index is 12.1. The van der Waals surface area contributed by atoms with Crippen molar-refractivity contribution in [1.82, 2.24) is 19.7 Å². The van der Waals surface area contributed by atoms with Crippen LogP contribution in [-0.4, -0.2) is 44.9 Å². The number of rotatable bonds is 7. The Hall–Kier alpha value is -1.85. The summed E-state index contributed by atoms with van der Waals surface area (Å²) in [6.07, 6.45) is 2.63. The van der Waals surface area contributed by atoms with Crippen molar-refractivity contribution in [3.05, 3.63) is 17.5 Å². The van der Waals surface area contributed by atoms with Crippen LogP contribution in [0.25, 0.3) is 10.7 Å². The quantitative estimate of drug-likeness (QED) is 0.720. The van der Waals surface area contributed by atoms with E-state index in [4.69, 9.17) is 5.26 Å². The van der Waals surface area contributed by atoms with Gasteiger partial charge in [0.2, 0.25) is 5.91 Å². The second-order valence-electron chi connectivity index (χ2n) is 5.40. The molecule has 1 saturated carbocycles. The van der Waals surface area contributed by atoms with E-state index in [1.165, 1.54) is 11.8 Å². The number of thiophene rings is 1. The number of nitrogens with zero attached hydrogens (tertiary/aromatic N) is 5. The van der Waals surface area contributed by atoms with Gasteiger partial charge in [0, 0.05) is 19.6 Å². The van der Waals surface area contributed by atoms with Crippen molar-refractivity contribution in [2.75, 3.05) is 19.3 Å². The molecule has 1 aliphatic carbocycles. The summed E-state index contributed by atoms with van der Waals surface area (Å²) in [6.45, 7) is 0.464. The van der Waals surface area contributed by atoms with E-state index in [2.05, 4.69) is 20.8 Å². The summed E-state index contributed by atoms with van der Waals surface area (Å²) >= 11 is 3.07. The first-order valence-electron chi connectivity index (χ1n) is 7.43. The first-order valence-corrected chi connectivity index (χ1v) is 9.29. The average molecular weight is 347 g/mol. The standard InChI is InChI=1S/C15H17N5OS2/c1-19(8-3-7-16)13(21)10-23-15-18-17-14(12-4-2-9-22-12)20(15)11-5-6-11/h2,4,9,11H,3,5-6,8,10H2,1H3. The average Bonchev–Trinajstić information content (AvgIpc) is 3.09. The predicted molar refractivity (Wildman–Crippen MR) is 90.2 cm³/mol. The van der Waals surface area contributed by atoms with Gasteiger partial charge in [0.05, 0.1) is 23.1 Å². The molecule has 2 heterocycles. The number of amides is 1. The van der Waals surface area contributed by atoms with Gasteiger partial charge in [0.15, 0.2) is 11.0 Å². The zero-order valence-electron chi connectivity index (χ0n) is 12.8. The highest BCUT2D eigenvalue weighted by Crippen LogP contribution is 2.41. The van der Waals surface area contributed by atoms with Crippen LogP contribution in [0.3, 0.4) is 0 Å². The van der Waals surface area contributed by atoms with Gasteiger partial charge in [-0.05, 0) is 24.3 Å². The zero-order chi connectivity index (χ0) is 16.2. The Balaban J connectivity index is 1.69. The largest absolute Gasteiger partial charge is 0.344 e. The zero-order valence-corrected chi connectivity index (χ0v) is 14.4. The normalized spacial score (nSPS) is 13.7. The molecule has 0 N–H and O–H groups in total. The van der Waals surface area contributed by atoms with E-state index in [0.717, 1.165) is 28.7 Å². The van der Waals surface area contributed by atoms with Crippen LogP contribution < -0.4 is 0 Å². The van der Waals surface area contributed by atoms with E-state index in [1.54, 1.807) is 23.3 Å². The van der Waals surface area contributed by atoms with Crippen molar-refractivity contribution in [3.8, 4) is 16.8 Å². The van der Waals surface area contributed by atoms with Crippen LogP contribution in [0.15, 0.2) is 22.7 Å². The summed E-state index contributed by atoms with van der Waals surface area (Å²) in [5.41, 5.74) is 0. The molecule has 3 rings (SSSR count). The number of nitriles is 1. The van der Waals surface area contributed by atoms with Crippen LogP contribution in [0.5, 0.6) is 0 Å². The van der Waals surface area contributed by atoms with Gasteiger partial charge in [-0.15, -0.1) is 21.5 Å². The fourth-order valence-electron chi connectivity index (χ4n) is 2.19. The minimum atomic E-state index is 0.00766. The minimum absolute atomic E-state index is 0.00766. The molecular weight excluding hydrogens is 330 g/mol. The SMILES string of the molecule is CN(CCC#N)C(=O)CSc1nnc(-c2cccs2)n1C1CC1. The molecule has 2 aromatic rings. The maximum absolute atomic E-state index is 12.1. The molecular formula is C15H17N5OS2. The lowest BCUT2D eigenvalue weighted by Gasteiger charge is -2.15. The molecule has 0 atom stereocenters. The molecule has 0 saturated heterocycles. The number of carbonyl (C=O) groups excluding carboxylic acids is 1. The summed E-state index contributed by atoms with van der Waals surface area (Å²) in [6, 6.07) is 6.56. The van der Waals surface area contributed by atoms with Crippen molar-refractivity contribution >= 4 is 29.0 Å². The Labute approximate surface area is 143 Å². The number of aromatic nitrogens is 3. The van der Waals surface area contributed by atoms with Crippen LogP contribution >= 0.6 is 23.1 Å². The van der Waals surface area contributed by atoms with Gasteiger partial charge >= 0.3 is 0 Å². The third-order valence-corrected chi connectivity index (χ3v) is 5.42. The van der Waals surface area contributed by atoms with Gasteiger partial charge in [0.1, 0.15) is 0 Å². The fraction of sp³-hybridized carbons (Fsp3) is 0.467. The van der Waals surface area contributed by atoms with Gasteiger partial charge < -0.3 is 4.90 Å². The monoisotopic (exact) mass is 347 g/mol. The van der Waals surface area contributed by atoms with Crippen molar-refractivity contribution in [2.45, 2.75) is 30.5 Å². The van der Waals surface area contributed by atoms with E-state index < -0.39 is 0 Å². The van der Waals surface area contributed by atoms with E-state index in [-0.39, 0.29) is 5.91 Å². The summed E-state index contributed by atoms with van der Waals surface area (Å²) in [7, 11) is 1.73. The highest BCUT2D eigenvalue weighted by atomic mass is 32.2. The van der Waals surface area contributed by atoms with Gasteiger partial charge in [-0.3, -0.25) is 9.36 Å². The van der Waals surface area contributed by atoms with Crippen LogP contribution in [0.2, 0.25) is 0 Å². The van der Waals surface area contributed by atoms with Crippen LogP contribution in [0.4, 0.5) is 0 Å². The molecule has 1 fully saturated rings. The van der Waals surface area contributed by atoms with Crippen LogP contribution in [-0.2, 0) is 4.79 Å². The summed E-state index contributed by atoms with van der Waals surface area (Å²) in [5, 5.41) is 20.0. The van der Waals surface area contributed by atoms with Crippen LogP contribution in [0, 0.1) is 11.3 Å². The molecule has 0 unspecified atom stereocenters. The molecule has 120 valence electrons. The lowest BCUT2D eigenvalue weighted by molar-refractivity contribution is -0.127. The van der Waals surface area contributed by atoms with Gasteiger partial charge in [-0.25, -0.2) is 0 Å². The molecule has 0 bridgehead atoms. The predicted octanol–water partition coefficient (Wildman–Crippen LogP) is 2.81. The second kappa shape index (κ2) is 7.15. The lowest BCUT2D eigenvalue weighted by Crippen LogP contribution is -2.29. The molecule has 8 heteroatoms. The van der Waals surface area contributed by atoms with Crippen LogP contribution in [0.1, 0.15) is 25.3 Å². The maximum Gasteiger partial charge on any atom is 0.232 e. The number of carbonyl (C=O) groups is 1. The first-order chi connectivity index (χ1) is 11.2.